The summed E-state index contributed by atoms with van der Waals surface area (Å²) in [7, 11) is 1.40. The van der Waals surface area contributed by atoms with Crippen molar-refractivity contribution in [2.45, 2.75) is 6.42 Å². The molecular weight excluding hydrogens is 416 g/mol. The monoisotopic (exact) mass is 434 g/mol. The first-order valence-electron chi connectivity index (χ1n) is 8.89. The molecule has 1 amide bonds. The Kier molecular flexibility index (Phi) is 6.97. The smallest absolute Gasteiger partial charge is 0.341 e. The first-order valence-corrected chi connectivity index (χ1v) is 9.26. The van der Waals surface area contributed by atoms with Gasteiger partial charge in [-0.2, -0.15) is 5.10 Å². The summed E-state index contributed by atoms with van der Waals surface area (Å²) in [5.41, 5.74) is 3.72. The number of benzene rings is 2. The minimum Gasteiger partial charge on any atom is -0.493 e. The van der Waals surface area contributed by atoms with Crippen LogP contribution in [0.15, 0.2) is 35.4 Å². The van der Waals surface area contributed by atoms with E-state index in [9.17, 15) is 9.59 Å². The lowest BCUT2D eigenvalue weighted by Gasteiger charge is -2.18. The first-order chi connectivity index (χ1) is 14.5. The Hall–Kier alpha value is -3.46. The lowest BCUT2D eigenvalue weighted by molar-refractivity contribution is -0.139. The highest BCUT2D eigenvalue weighted by Crippen LogP contribution is 2.36. The van der Waals surface area contributed by atoms with Crippen LogP contribution in [0.25, 0.3) is 0 Å². The largest absolute Gasteiger partial charge is 0.493 e. The van der Waals surface area contributed by atoms with Crippen LogP contribution in [0.2, 0.25) is 5.02 Å². The van der Waals surface area contributed by atoms with Crippen molar-refractivity contribution in [2.24, 2.45) is 5.10 Å². The van der Waals surface area contributed by atoms with Crippen molar-refractivity contribution in [2.75, 3.05) is 26.9 Å². The lowest BCUT2D eigenvalue weighted by Crippen LogP contribution is -2.20. The zero-order valence-corrected chi connectivity index (χ0v) is 16.8. The highest BCUT2D eigenvalue weighted by atomic mass is 35.5. The Morgan fingerprint density at radius 1 is 1.23 bits per heavy atom. The fourth-order valence-corrected chi connectivity index (χ4v) is 2.96. The third-order valence-electron chi connectivity index (χ3n) is 3.97. The van der Waals surface area contributed by atoms with Gasteiger partial charge in [-0.1, -0.05) is 17.7 Å². The number of nitrogens with zero attached hydrogens (tertiary/aromatic N) is 1. The minimum atomic E-state index is -1.14. The molecule has 0 unspecified atom stereocenters. The van der Waals surface area contributed by atoms with Crippen molar-refractivity contribution in [3.63, 3.8) is 0 Å². The van der Waals surface area contributed by atoms with Gasteiger partial charge in [-0.3, -0.25) is 4.79 Å². The number of ether oxygens (including phenoxy) is 4. The average Bonchev–Trinajstić information content (AvgIpc) is 2.72. The van der Waals surface area contributed by atoms with Gasteiger partial charge in [-0.15, -0.1) is 0 Å². The quantitative estimate of drug-likeness (QED) is 0.483. The number of hydrogen-bond acceptors (Lipinski definition) is 7. The number of hydrazone groups is 1. The Morgan fingerprint density at radius 3 is 2.73 bits per heavy atom. The van der Waals surface area contributed by atoms with Gasteiger partial charge < -0.3 is 24.1 Å². The number of halogens is 1. The number of carbonyl (C=O) groups excluding carboxylic acids is 1. The van der Waals surface area contributed by atoms with Gasteiger partial charge in [0, 0.05) is 0 Å². The summed E-state index contributed by atoms with van der Waals surface area (Å²) in [4.78, 5) is 22.8. The van der Waals surface area contributed by atoms with Gasteiger partial charge in [0.25, 0.3) is 0 Å². The van der Waals surface area contributed by atoms with Crippen LogP contribution in [0.3, 0.4) is 0 Å². The van der Waals surface area contributed by atoms with E-state index >= 15 is 0 Å². The molecule has 1 aliphatic heterocycles. The molecule has 0 aliphatic carbocycles. The number of methoxy groups -OCH3 is 1. The number of aliphatic carboxylic acids is 1. The van der Waals surface area contributed by atoms with Crippen molar-refractivity contribution in [1.29, 1.82) is 0 Å². The minimum absolute atomic E-state index is 0.111. The van der Waals surface area contributed by atoms with E-state index in [0.29, 0.717) is 30.3 Å². The van der Waals surface area contributed by atoms with Gasteiger partial charge in [0.2, 0.25) is 5.91 Å². The third kappa shape index (κ3) is 5.54. The molecule has 0 bridgehead atoms. The summed E-state index contributed by atoms with van der Waals surface area (Å²) in [5.74, 6) is 0.170. The summed E-state index contributed by atoms with van der Waals surface area (Å²) in [6, 6.07) is 8.38. The van der Waals surface area contributed by atoms with E-state index in [0.717, 1.165) is 5.56 Å². The van der Waals surface area contributed by atoms with E-state index in [1.54, 1.807) is 24.3 Å². The van der Waals surface area contributed by atoms with Gasteiger partial charge in [0.15, 0.2) is 29.6 Å². The summed E-state index contributed by atoms with van der Waals surface area (Å²) >= 11 is 6.13. The second-order valence-corrected chi connectivity index (χ2v) is 6.57. The van der Waals surface area contributed by atoms with E-state index in [4.69, 9.17) is 35.7 Å². The standard InChI is InChI=1S/C20H19ClN2O7/c1-27-17-8-13(6-14(21)20(17)30-11-19(25)26)10-22-23-18(24)9-12-2-3-15-16(7-12)29-5-4-28-15/h2-3,6-8,10H,4-5,9,11H2,1H3,(H,23,24)(H,25,26)/b22-10+. The predicted molar refractivity (Wildman–Crippen MR) is 108 cm³/mol. The fraction of sp³-hybridized carbons (Fsp3) is 0.250. The van der Waals surface area contributed by atoms with Crippen LogP contribution in [-0.4, -0.2) is 50.1 Å². The van der Waals surface area contributed by atoms with E-state index in [2.05, 4.69) is 10.5 Å². The van der Waals surface area contributed by atoms with Crippen molar-refractivity contribution >= 4 is 29.7 Å². The molecule has 2 aromatic rings. The molecule has 1 aliphatic rings. The second-order valence-electron chi connectivity index (χ2n) is 6.16. The van der Waals surface area contributed by atoms with E-state index in [1.807, 2.05) is 0 Å². The summed E-state index contributed by atoms with van der Waals surface area (Å²) in [6.07, 6.45) is 1.50. The highest BCUT2D eigenvalue weighted by molar-refractivity contribution is 6.32. The molecule has 10 heteroatoms. The average molecular weight is 435 g/mol. The molecule has 0 fully saturated rings. The molecule has 158 valence electrons. The Morgan fingerprint density at radius 2 is 2.00 bits per heavy atom. The van der Waals surface area contributed by atoms with Crippen molar-refractivity contribution < 1.29 is 33.6 Å². The maximum Gasteiger partial charge on any atom is 0.341 e. The number of carboxylic acids is 1. The van der Waals surface area contributed by atoms with Crippen molar-refractivity contribution in [1.82, 2.24) is 5.43 Å². The molecule has 3 rings (SSSR count). The number of nitrogens with one attached hydrogen (secondary N) is 1. The van der Waals surface area contributed by atoms with Crippen molar-refractivity contribution in [3.8, 4) is 23.0 Å². The van der Waals surface area contributed by atoms with Crippen LogP contribution < -0.4 is 24.4 Å². The number of fused-ring (bicyclic) bond motifs is 1. The van der Waals surface area contributed by atoms with Crippen LogP contribution in [-0.2, 0) is 16.0 Å². The topological polar surface area (TPSA) is 116 Å². The number of rotatable bonds is 8. The van der Waals surface area contributed by atoms with Gasteiger partial charge in [-0.05, 0) is 35.4 Å². The molecule has 30 heavy (non-hydrogen) atoms. The van der Waals surface area contributed by atoms with Crippen LogP contribution in [0, 0.1) is 0 Å². The van der Waals surface area contributed by atoms with Crippen LogP contribution in [0.1, 0.15) is 11.1 Å². The molecule has 2 aromatic carbocycles. The van der Waals surface area contributed by atoms with Gasteiger partial charge in [0.05, 0.1) is 24.8 Å². The molecular formula is C20H19ClN2O7. The number of amides is 1. The maximum atomic E-state index is 12.1. The van der Waals surface area contributed by atoms with Gasteiger partial charge >= 0.3 is 5.97 Å². The SMILES string of the molecule is COc1cc(/C=N/NC(=O)Cc2ccc3c(c2)OCCO3)cc(Cl)c1OCC(=O)O. The lowest BCUT2D eigenvalue weighted by atomic mass is 10.1. The molecule has 2 N–H and O–H groups in total. The van der Waals surface area contributed by atoms with Gasteiger partial charge in [0.1, 0.15) is 13.2 Å². The Labute approximate surface area is 177 Å². The number of carbonyl (C=O) groups is 2. The zero-order chi connectivity index (χ0) is 21.5. The van der Waals surface area contributed by atoms with E-state index in [-0.39, 0.29) is 28.8 Å². The first kappa shape index (κ1) is 21.3. The summed E-state index contributed by atoms with van der Waals surface area (Å²) < 4.78 is 21.3. The molecule has 0 spiro atoms. The number of carboxylic acid groups (broad SMARTS) is 1. The molecule has 1 heterocycles. The van der Waals surface area contributed by atoms with E-state index in [1.165, 1.54) is 19.4 Å². The zero-order valence-electron chi connectivity index (χ0n) is 16.0. The molecule has 0 saturated carbocycles. The maximum absolute atomic E-state index is 12.1. The fourth-order valence-electron chi connectivity index (χ4n) is 2.69. The van der Waals surface area contributed by atoms with E-state index < -0.39 is 12.6 Å². The molecule has 0 saturated heterocycles. The molecule has 9 nitrogen and oxygen atoms in total. The van der Waals surface area contributed by atoms with Crippen molar-refractivity contribution in [3.05, 3.63) is 46.5 Å². The van der Waals surface area contributed by atoms with Gasteiger partial charge in [-0.25, -0.2) is 10.2 Å². The number of hydrogen-bond donors (Lipinski definition) is 2. The summed E-state index contributed by atoms with van der Waals surface area (Å²) in [5, 5.41) is 12.8. The Bertz CT molecular complexity index is 978. The van der Waals surface area contributed by atoms with Crippen LogP contribution in [0.4, 0.5) is 0 Å². The summed E-state index contributed by atoms with van der Waals surface area (Å²) in [6.45, 7) is 0.418. The molecule has 0 aromatic heterocycles. The predicted octanol–water partition coefficient (Wildman–Crippen LogP) is 2.28. The highest BCUT2D eigenvalue weighted by Gasteiger charge is 2.14. The Balaban J connectivity index is 1.61. The van der Waals surface area contributed by atoms with Crippen LogP contribution in [0.5, 0.6) is 23.0 Å². The second kappa shape index (κ2) is 9.84. The molecule has 0 atom stereocenters. The molecule has 0 radical (unpaired) electrons. The third-order valence-corrected chi connectivity index (χ3v) is 4.25. The normalized spacial score (nSPS) is 12.5. The van der Waals surface area contributed by atoms with Crippen LogP contribution >= 0.6 is 11.6 Å².